The molecule has 6 nitrogen and oxygen atoms in total. The average molecular weight is 518 g/mol. The lowest BCUT2D eigenvalue weighted by molar-refractivity contribution is 0.145. The molecular weight excluding hydrogens is 487 g/mol. The molecule has 0 aliphatic carbocycles. The number of hydrogen-bond acceptors (Lipinski definition) is 5. The van der Waals surface area contributed by atoms with Crippen LogP contribution in [0.1, 0.15) is 34.9 Å². The molecular formula is C20H31IN4O2S. The highest BCUT2D eigenvalue weighted by Gasteiger charge is 2.06. The predicted octanol–water partition coefficient (Wildman–Crippen LogP) is 3.91. The van der Waals surface area contributed by atoms with Crippen LogP contribution in [0.2, 0.25) is 0 Å². The summed E-state index contributed by atoms with van der Waals surface area (Å²) < 4.78 is 10.9. The number of hydrogen-bond donors (Lipinski definition) is 2. The van der Waals surface area contributed by atoms with E-state index in [1.807, 2.05) is 12.3 Å². The van der Waals surface area contributed by atoms with Gasteiger partial charge in [0.05, 0.1) is 19.7 Å². The van der Waals surface area contributed by atoms with Crippen molar-refractivity contribution in [1.82, 2.24) is 15.6 Å². The maximum absolute atomic E-state index is 5.85. The minimum Gasteiger partial charge on any atom is -0.491 e. The summed E-state index contributed by atoms with van der Waals surface area (Å²) >= 11 is 1.73. The van der Waals surface area contributed by atoms with Gasteiger partial charge >= 0.3 is 0 Å². The Hall–Kier alpha value is -1.39. The van der Waals surface area contributed by atoms with Gasteiger partial charge in [0.1, 0.15) is 17.4 Å². The SMILES string of the molecule is CCNC(=NCc1ccc(C)cc1OCCOC)NCc1ncc(CC)s1.I. The van der Waals surface area contributed by atoms with Crippen LogP contribution < -0.4 is 15.4 Å². The van der Waals surface area contributed by atoms with Gasteiger partial charge in [0, 0.05) is 30.3 Å². The molecule has 0 aliphatic heterocycles. The van der Waals surface area contributed by atoms with Crippen LogP contribution in [0.15, 0.2) is 29.4 Å². The van der Waals surface area contributed by atoms with Gasteiger partial charge in [-0.25, -0.2) is 9.98 Å². The van der Waals surface area contributed by atoms with E-state index >= 15 is 0 Å². The lowest BCUT2D eigenvalue weighted by atomic mass is 10.1. The van der Waals surface area contributed by atoms with Crippen LogP contribution in [-0.2, 0) is 24.2 Å². The molecule has 0 amide bonds. The molecule has 1 aromatic heterocycles. The lowest BCUT2D eigenvalue weighted by Crippen LogP contribution is -2.36. The Labute approximate surface area is 189 Å². The zero-order chi connectivity index (χ0) is 19.5. The van der Waals surface area contributed by atoms with E-state index in [0.717, 1.165) is 40.8 Å². The molecule has 0 radical (unpaired) electrons. The number of thiazole rings is 1. The Morgan fingerprint density at radius 2 is 2.04 bits per heavy atom. The van der Waals surface area contributed by atoms with Crippen molar-refractivity contribution in [2.75, 3.05) is 26.9 Å². The van der Waals surface area contributed by atoms with Gasteiger partial charge in [-0.1, -0.05) is 19.1 Å². The summed E-state index contributed by atoms with van der Waals surface area (Å²) in [4.78, 5) is 10.4. The Morgan fingerprint density at radius 3 is 2.71 bits per heavy atom. The van der Waals surface area contributed by atoms with Gasteiger partial charge < -0.3 is 20.1 Å². The summed E-state index contributed by atoms with van der Waals surface area (Å²) in [6.07, 6.45) is 2.97. The summed E-state index contributed by atoms with van der Waals surface area (Å²) in [6.45, 7) is 9.35. The lowest BCUT2D eigenvalue weighted by Gasteiger charge is -2.13. The third-order valence-corrected chi connectivity index (χ3v) is 5.02. The Kier molecular flexibility index (Phi) is 12.1. The smallest absolute Gasteiger partial charge is 0.191 e. The quantitative estimate of drug-likeness (QED) is 0.216. The second kappa shape index (κ2) is 13.7. The topological polar surface area (TPSA) is 67.8 Å². The van der Waals surface area contributed by atoms with E-state index in [4.69, 9.17) is 14.5 Å². The Bertz CT molecular complexity index is 737. The van der Waals surface area contributed by atoms with Gasteiger partial charge in [-0.15, -0.1) is 35.3 Å². The van der Waals surface area contributed by atoms with Crippen LogP contribution in [0.25, 0.3) is 0 Å². The van der Waals surface area contributed by atoms with Crippen molar-refractivity contribution in [3.05, 3.63) is 45.4 Å². The zero-order valence-corrected chi connectivity index (χ0v) is 20.2. The van der Waals surface area contributed by atoms with Crippen LogP contribution in [0, 0.1) is 6.92 Å². The second-order valence-corrected chi connectivity index (χ2v) is 7.27. The summed E-state index contributed by atoms with van der Waals surface area (Å²) in [7, 11) is 1.67. The maximum atomic E-state index is 5.85. The van der Waals surface area contributed by atoms with E-state index in [0.29, 0.717) is 26.3 Å². The molecule has 1 heterocycles. The molecule has 0 saturated carbocycles. The molecule has 2 N–H and O–H groups in total. The van der Waals surface area contributed by atoms with Crippen LogP contribution in [0.3, 0.4) is 0 Å². The van der Waals surface area contributed by atoms with Gasteiger partial charge in [-0.05, 0) is 31.9 Å². The van der Waals surface area contributed by atoms with Crippen molar-refractivity contribution < 1.29 is 9.47 Å². The number of methoxy groups -OCH3 is 1. The van der Waals surface area contributed by atoms with Gasteiger partial charge in [0.15, 0.2) is 5.96 Å². The van der Waals surface area contributed by atoms with E-state index in [1.165, 1.54) is 4.88 Å². The van der Waals surface area contributed by atoms with Gasteiger partial charge in [-0.2, -0.15) is 0 Å². The molecule has 8 heteroatoms. The summed E-state index contributed by atoms with van der Waals surface area (Å²) in [5.74, 6) is 1.63. The molecule has 28 heavy (non-hydrogen) atoms. The number of nitrogens with one attached hydrogen (secondary N) is 2. The molecule has 0 saturated heterocycles. The molecule has 0 spiro atoms. The van der Waals surface area contributed by atoms with Gasteiger partial charge in [0.2, 0.25) is 0 Å². The third-order valence-electron chi connectivity index (χ3n) is 3.88. The number of rotatable bonds is 10. The molecule has 0 unspecified atom stereocenters. The van der Waals surface area contributed by atoms with E-state index in [1.54, 1.807) is 18.4 Å². The fourth-order valence-electron chi connectivity index (χ4n) is 2.42. The number of halogens is 1. The minimum absolute atomic E-state index is 0. The van der Waals surface area contributed by atoms with E-state index < -0.39 is 0 Å². The first-order valence-electron chi connectivity index (χ1n) is 9.33. The van der Waals surface area contributed by atoms with Crippen LogP contribution in [-0.4, -0.2) is 37.8 Å². The first-order chi connectivity index (χ1) is 13.2. The van der Waals surface area contributed by atoms with Crippen molar-refractivity contribution >= 4 is 41.3 Å². The molecule has 0 fully saturated rings. The van der Waals surface area contributed by atoms with Crippen molar-refractivity contribution in [3.63, 3.8) is 0 Å². The Morgan fingerprint density at radius 1 is 1.21 bits per heavy atom. The van der Waals surface area contributed by atoms with E-state index in [9.17, 15) is 0 Å². The average Bonchev–Trinajstić information content (AvgIpc) is 3.13. The standard InChI is InChI=1S/C20H30N4O2S.HI/c1-5-17-13-22-19(27-17)14-24-20(21-6-2)23-12-16-8-7-15(3)11-18(16)26-10-9-25-4;/h7-8,11,13H,5-6,9-10,12,14H2,1-4H3,(H2,21,23,24);1H. The number of nitrogens with zero attached hydrogens (tertiary/aromatic N) is 2. The van der Waals surface area contributed by atoms with Crippen LogP contribution in [0.5, 0.6) is 5.75 Å². The Balaban J connectivity index is 0.00000392. The number of aromatic nitrogens is 1. The van der Waals surface area contributed by atoms with E-state index in [2.05, 4.69) is 48.5 Å². The molecule has 0 aliphatic rings. The predicted molar refractivity (Wildman–Crippen MR) is 127 cm³/mol. The van der Waals surface area contributed by atoms with Crippen molar-refractivity contribution in [2.45, 2.75) is 40.3 Å². The van der Waals surface area contributed by atoms with Gasteiger partial charge in [0.25, 0.3) is 0 Å². The maximum Gasteiger partial charge on any atom is 0.191 e. The highest BCUT2D eigenvalue weighted by Crippen LogP contribution is 2.21. The van der Waals surface area contributed by atoms with Crippen LogP contribution in [0.4, 0.5) is 0 Å². The number of aryl methyl sites for hydroxylation is 2. The highest BCUT2D eigenvalue weighted by atomic mass is 127. The third kappa shape index (κ3) is 8.32. The first kappa shape index (κ1) is 24.6. The largest absolute Gasteiger partial charge is 0.491 e. The fraction of sp³-hybridized carbons (Fsp3) is 0.500. The molecule has 2 rings (SSSR count). The van der Waals surface area contributed by atoms with Crippen molar-refractivity contribution in [1.29, 1.82) is 0 Å². The van der Waals surface area contributed by atoms with Crippen molar-refractivity contribution in [3.8, 4) is 5.75 Å². The molecule has 2 aromatic rings. The molecule has 0 atom stereocenters. The molecule has 0 bridgehead atoms. The van der Waals surface area contributed by atoms with Crippen LogP contribution >= 0.6 is 35.3 Å². The normalized spacial score (nSPS) is 11.1. The second-order valence-electron chi connectivity index (χ2n) is 6.08. The number of guanidine groups is 1. The zero-order valence-electron chi connectivity index (χ0n) is 17.1. The fourth-order valence-corrected chi connectivity index (χ4v) is 3.22. The summed E-state index contributed by atoms with van der Waals surface area (Å²) in [6, 6.07) is 6.19. The monoisotopic (exact) mass is 518 g/mol. The minimum atomic E-state index is 0. The van der Waals surface area contributed by atoms with E-state index in [-0.39, 0.29) is 24.0 Å². The molecule has 156 valence electrons. The molecule has 1 aromatic carbocycles. The van der Waals surface area contributed by atoms with Crippen molar-refractivity contribution in [2.24, 2.45) is 4.99 Å². The first-order valence-corrected chi connectivity index (χ1v) is 10.1. The summed E-state index contributed by atoms with van der Waals surface area (Å²) in [5.41, 5.74) is 2.21. The number of ether oxygens (including phenoxy) is 2. The summed E-state index contributed by atoms with van der Waals surface area (Å²) in [5, 5.41) is 7.70. The van der Waals surface area contributed by atoms with Gasteiger partial charge in [-0.3, -0.25) is 0 Å². The number of benzene rings is 1. The highest BCUT2D eigenvalue weighted by molar-refractivity contribution is 14.0. The number of aliphatic imine (C=N–C) groups is 1.